The monoisotopic (exact) mass is 339 g/mol. The van der Waals surface area contributed by atoms with Gasteiger partial charge in [0, 0.05) is 17.5 Å². The molecule has 0 aliphatic carbocycles. The standard InChI is InChI=1S/C17H17N5OS/c1-12(24-16-10-8-14(9-11-16)18-13(2)23)17-19-20-21-22(17)15-6-4-3-5-7-15/h3-12H,1-2H3,(H,18,23). The van der Waals surface area contributed by atoms with Crippen LogP contribution in [0.4, 0.5) is 5.69 Å². The molecule has 0 bridgehead atoms. The summed E-state index contributed by atoms with van der Waals surface area (Å²) in [6.07, 6.45) is 0. The van der Waals surface area contributed by atoms with Crippen molar-refractivity contribution in [3.8, 4) is 5.69 Å². The maximum absolute atomic E-state index is 11.1. The molecule has 0 fully saturated rings. The number of benzene rings is 2. The van der Waals surface area contributed by atoms with Crippen LogP contribution in [-0.4, -0.2) is 26.1 Å². The SMILES string of the molecule is CC(=O)Nc1ccc(SC(C)c2nnnn2-c2ccccc2)cc1. The van der Waals surface area contributed by atoms with Crippen molar-refractivity contribution in [3.63, 3.8) is 0 Å². The lowest BCUT2D eigenvalue weighted by atomic mass is 10.3. The second-order valence-electron chi connectivity index (χ2n) is 5.25. The first kappa shape index (κ1) is 16.2. The Labute approximate surface area is 144 Å². The van der Waals surface area contributed by atoms with Gasteiger partial charge in [0.05, 0.1) is 10.9 Å². The first-order valence-electron chi connectivity index (χ1n) is 7.51. The zero-order chi connectivity index (χ0) is 16.9. The summed E-state index contributed by atoms with van der Waals surface area (Å²) in [5.74, 6) is 0.711. The molecule has 1 unspecified atom stereocenters. The molecule has 3 rings (SSSR count). The van der Waals surface area contributed by atoms with E-state index in [-0.39, 0.29) is 11.2 Å². The third kappa shape index (κ3) is 3.80. The Morgan fingerprint density at radius 1 is 1.12 bits per heavy atom. The van der Waals surface area contributed by atoms with E-state index in [9.17, 15) is 4.79 Å². The van der Waals surface area contributed by atoms with Gasteiger partial charge < -0.3 is 5.32 Å². The van der Waals surface area contributed by atoms with Crippen LogP contribution < -0.4 is 5.32 Å². The summed E-state index contributed by atoms with van der Waals surface area (Å²) in [5, 5.41) is 14.9. The van der Waals surface area contributed by atoms with E-state index in [1.807, 2.05) is 54.6 Å². The zero-order valence-electron chi connectivity index (χ0n) is 13.4. The maximum atomic E-state index is 11.1. The average molecular weight is 339 g/mol. The molecule has 7 heteroatoms. The van der Waals surface area contributed by atoms with E-state index in [2.05, 4.69) is 27.8 Å². The van der Waals surface area contributed by atoms with Crippen molar-refractivity contribution in [1.29, 1.82) is 0 Å². The molecule has 24 heavy (non-hydrogen) atoms. The number of nitrogens with one attached hydrogen (secondary N) is 1. The summed E-state index contributed by atoms with van der Waals surface area (Å²) in [4.78, 5) is 12.1. The number of hydrogen-bond donors (Lipinski definition) is 1. The highest BCUT2D eigenvalue weighted by molar-refractivity contribution is 7.99. The number of para-hydroxylation sites is 1. The zero-order valence-corrected chi connectivity index (χ0v) is 14.2. The fraction of sp³-hybridized carbons (Fsp3) is 0.176. The van der Waals surface area contributed by atoms with Crippen molar-refractivity contribution in [3.05, 3.63) is 60.4 Å². The number of tetrazole rings is 1. The number of anilines is 1. The van der Waals surface area contributed by atoms with Crippen LogP contribution in [0.3, 0.4) is 0 Å². The predicted molar refractivity (Wildman–Crippen MR) is 94.2 cm³/mol. The number of nitrogens with zero attached hydrogens (tertiary/aromatic N) is 4. The molecular formula is C17H17N5OS. The number of amides is 1. The van der Waals surface area contributed by atoms with Gasteiger partial charge in [0.25, 0.3) is 0 Å². The molecule has 0 radical (unpaired) electrons. The molecule has 2 aromatic carbocycles. The van der Waals surface area contributed by atoms with Gasteiger partial charge in [-0.25, -0.2) is 0 Å². The van der Waals surface area contributed by atoms with Gasteiger partial charge in [0.2, 0.25) is 5.91 Å². The molecule has 0 saturated carbocycles. The van der Waals surface area contributed by atoms with Crippen LogP contribution in [0.5, 0.6) is 0 Å². The van der Waals surface area contributed by atoms with Crippen LogP contribution in [0.15, 0.2) is 59.5 Å². The van der Waals surface area contributed by atoms with Crippen LogP contribution in [0, 0.1) is 0 Å². The summed E-state index contributed by atoms with van der Waals surface area (Å²) in [5.41, 5.74) is 1.72. The Bertz CT molecular complexity index is 817. The third-order valence-electron chi connectivity index (χ3n) is 3.35. The van der Waals surface area contributed by atoms with Crippen molar-refractivity contribution in [2.24, 2.45) is 0 Å². The lowest BCUT2D eigenvalue weighted by Crippen LogP contribution is -2.05. The van der Waals surface area contributed by atoms with Crippen molar-refractivity contribution in [2.45, 2.75) is 24.0 Å². The van der Waals surface area contributed by atoms with Crippen LogP contribution >= 0.6 is 11.8 Å². The van der Waals surface area contributed by atoms with Crippen LogP contribution in [0.1, 0.15) is 24.9 Å². The summed E-state index contributed by atoms with van der Waals surface area (Å²) in [7, 11) is 0. The van der Waals surface area contributed by atoms with E-state index in [4.69, 9.17) is 0 Å². The number of carbonyl (C=O) groups excluding carboxylic acids is 1. The van der Waals surface area contributed by atoms with E-state index >= 15 is 0 Å². The Kier molecular flexibility index (Phi) is 4.90. The lowest BCUT2D eigenvalue weighted by Gasteiger charge is -2.12. The second kappa shape index (κ2) is 7.27. The fourth-order valence-electron chi connectivity index (χ4n) is 2.28. The largest absolute Gasteiger partial charge is 0.326 e. The lowest BCUT2D eigenvalue weighted by molar-refractivity contribution is -0.114. The second-order valence-corrected chi connectivity index (χ2v) is 6.66. The van der Waals surface area contributed by atoms with Gasteiger partial charge in [0.15, 0.2) is 5.82 Å². The fourth-order valence-corrected chi connectivity index (χ4v) is 3.23. The molecule has 1 N–H and O–H groups in total. The minimum atomic E-state index is -0.0780. The van der Waals surface area contributed by atoms with E-state index in [1.54, 1.807) is 16.4 Å². The van der Waals surface area contributed by atoms with E-state index in [0.717, 1.165) is 22.1 Å². The molecule has 0 saturated heterocycles. The number of aromatic nitrogens is 4. The molecule has 0 aliphatic rings. The minimum absolute atomic E-state index is 0.0758. The molecule has 0 spiro atoms. The third-order valence-corrected chi connectivity index (χ3v) is 4.45. The van der Waals surface area contributed by atoms with Crippen molar-refractivity contribution in [1.82, 2.24) is 20.2 Å². The van der Waals surface area contributed by atoms with Crippen LogP contribution in [0.2, 0.25) is 0 Å². The van der Waals surface area contributed by atoms with E-state index in [1.165, 1.54) is 6.92 Å². The molecule has 0 aliphatic heterocycles. The maximum Gasteiger partial charge on any atom is 0.221 e. The smallest absolute Gasteiger partial charge is 0.221 e. The first-order chi connectivity index (χ1) is 11.6. The van der Waals surface area contributed by atoms with Gasteiger partial charge in [0.1, 0.15) is 0 Å². The van der Waals surface area contributed by atoms with E-state index in [0.29, 0.717) is 0 Å². The van der Waals surface area contributed by atoms with Crippen molar-refractivity contribution < 1.29 is 4.79 Å². The summed E-state index contributed by atoms with van der Waals surface area (Å²) >= 11 is 1.66. The highest BCUT2D eigenvalue weighted by atomic mass is 32.2. The quantitative estimate of drug-likeness (QED) is 0.721. The molecule has 122 valence electrons. The normalized spacial score (nSPS) is 11.9. The Morgan fingerprint density at radius 2 is 1.83 bits per heavy atom. The molecule has 1 aromatic heterocycles. The van der Waals surface area contributed by atoms with Gasteiger partial charge in [-0.05, 0) is 53.7 Å². The number of carbonyl (C=O) groups is 1. The minimum Gasteiger partial charge on any atom is -0.326 e. The highest BCUT2D eigenvalue weighted by Gasteiger charge is 2.17. The van der Waals surface area contributed by atoms with Crippen molar-refractivity contribution in [2.75, 3.05) is 5.32 Å². The van der Waals surface area contributed by atoms with Crippen LogP contribution in [-0.2, 0) is 4.79 Å². The Morgan fingerprint density at radius 3 is 2.50 bits per heavy atom. The van der Waals surface area contributed by atoms with E-state index < -0.39 is 0 Å². The number of hydrogen-bond acceptors (Lipinski definition) is 5. The van der Waals surface area contributed by atoms with Crippen LogP contribution in [0.25, 0.3) is 5.69 Å². The van der Waals surface area contributed by atoms with Gasteiger partial charge in [-0.3, -0.25) is 4.79 Å². The molecular weight excluding hydrogens is 322 g/mol. The first-order valence-corrected chi connectivity index (χ1v) is 8.39. The Hall–Kier alpha value is -2.67. The van der Waals surface area contributed by atoms with Gasteiger partial charge >= 0.3 is 0 Å². The molecule has 1 heterocycles. The van der Waals surface area contributed by atoms with Gasteiger partial charge in [-0.1, -0.05) is 18.2 Å². The molecule has 3 aromatic rings. The number of thioether (sulfide) groups is 1. The Balaban J connectivity index is 1.75. The molecule has 6 nitrogen and oxygen atoms in total. The van der Waals surface area contributed by atoms with Crippen molar-refractivity contribution >= 4 is 23.4 Å². The molecule has 1 atom stereocenters. The predicted octanol–water partition coefficient (Wildman–Crippen LogP) is 3.47. The highest BCUT2D eigenvalue weighted by Crippen LogP contribution is 2.34. The summed E-state index contributed by atoms with van der Waals surface area (Å²) in [6.45, 7) is 3.56. The average Bonchev–Trinajstić information content (AvgIpc) is 3.07. The van der Waals surface area contributed by atoms with Gasteiger partial charge in [-0.2, -0.15) is 4.68 Å². The number of rotatable bonds is 5. The molecule has 1 amide bonds. The van der Waals surface area contributed by atoms with Gasteiger partial charge in [-0.15, -0.1) is 16.9 Å². The summed E-state index contributed by atoms with van der Waals surface area (Å²) in [6, 6.07) is 17.5. The topological polar surface area (TPSA) is 72.7 Å². The summed E-state index contributed by atoms with van der Waals surface area (Å²) < 4.78 is 1.75.